The SMILES string of the molecule is CSC(=Nc1cc(F)c(C#N)c(S(F)(F)(F)(F)F)c1)NC#N. The molecule has 0 heterocycles. The van der Waals surface area contributed by atoms with Crippen LogP contribution in [0.5, 0.6) is 0 Å². The van der Waals surface area contributed by atoms with Crippen molar-refractivity contribution in [2.75, 3.05) is 6.26 Å². The van der Waals surface area contributed by atoms with Gasteiger partial charge in [-0.3, -0.25) is 5.32 Å². The van der Waals surface area contributed by atoms with Crippen molar-refractivity contribution in [2.45, 2.75) is 4.90 Å². The summed E-state index contributed by atoms with van der Waals surface area (Å²) >= 11 is 0.787. The minimum atomic E-state index is -10.3. The number of halogens is 6. The summed E-state index contributed by atoms with van der Waals surface area (Å²) in [5.74, 6) is -1.79. The average Bonchev–Trinajstić information content (AvgIpc) is 2.35. The first-order valence-electron chi connectivity index (χ1n) is 5.08. The molecule has 0 amide bonds. The van der Waals surface area contributed by atoms with E-state index >= 15 is 0 Å². The van der Waals surface area contributed by atoms with Crippen LogP contribution >= 0.6 is 22.0 Å². The molecule has 0 bridgehead atoms. The third kappa shape index (κ3) is 4.22. The Balaban J connectivity index is 3.69. The molecule has 1 N–H and O–H groups in total. The second-order valence-electron chi connectivity index (χ2n) is 3.74. The van der Waals surface area contributed by atoms with Gasteiger partial charge < -0.3 is 0 Å². The van der Waals surface area contributed by atoms with Gasteiger partial charge in [0.15, 0.2) is 11.4 Å². The molecule has 0 spiro atoms. The molecule has 0 saturated carbocycles. The Morgan fingerprint density at radius 1 is 1.23 bits per heavy atom. The quantitative estimate of drug-likeness (QED) is 0.271. The Bertz CT molecular complexity index is 729. The van der Waals surface area contributed by atoms with Crippen LogP contribution in [-0.4, -0.2) is 11.4 Å². The summed E-state index contributed by atoms with van der Waals surface area (Å²) in [7, 11) is -10.3. The lowest BCUT2D eigenvalue weighted by molar-refractivity contribution is 0.362. The smallest absolute Gasteiger partial charge is 0.271 e. The van der Waals surface area contributed by atoms with E-state index in [0.29, 0.717) is 6.07 Å². The number of amidine groups is 1. The zero-order valence-electron chi connectivity index (χ0n) is 10.6. The van der Waals surface area contributed by atoms with Gasteiger partial charge >= 0.3 is 10.2 Å². The fourth-order valence-electron chi connectivity index (χ4n) is 1.33. The molecule has 0 aliphatic rings. The fraction of sp³-hybridized carbons (Fsp3) is 0.100. The summed E-state index contributed by atoms with van der Waals surface area (Å²) in [4.78, 5) is 0.768. The highest BCUT2D eigenvalue weighted by atomic mass is 32.5. The molecule has 1 aromatic rings. The largest absolute Gasteiger partial charge is 0.311 e. The Hall–Kier alpha value is -2.05. The van der Waals surface area contributed by atoms with Crippen LogP contribution in [0.2, 0.25) is 0 Å². The summed E-state index contributed by atoms with van der Waals surface area (Å²) in [6.07, 6.45) is 2.82. The predicted molar refractivity (Wildman–Crippen MR) is 71.9 cm³/mol. The first-order valence-corrected chi connectivity index (χ1v) is 8.25. The van der Waals surface area contributed by atoms with Crippen LogP contribution in [0.25, 0.3) is 0 Å². The van der Waals surface area contributed by atoms with E-state index in [2.05, 4.69) is 4.99 Å². The molecule has 1 rings (SSSR count). The monoisotopic (exact) mass is 360 g/mol. The van der Waals surface area contributed by atoms with Crippen LogP contribution in [-0.2, 0) is 0 Å². The number of aliphatic imine (C=N–C) groups is 1. The lowest BCUT2D eigenvalue weighted by atomic mass is 10.2. The van der Waals surface area contributed by atoms with Crippen molar-refractivity contribution < 1.29 is 23.8 Å². The van der Waals surface area contributed by atoms with E-state index in [0.717, 1.165) is 17.8 Å². The van der Waals surface area contributed by atoms with Gasteiger partial charge in [-0.15, -0.1) is 0 Å². The molecule has 0 aromatic heterocycles. The van der Waals surface area contributed by atoms with E-state index in [1.807, 2.05) is 5.32 Å². The number of benzene rings is 1. The van der Waals surface area contributed by atoms with Crippen LogP contribution in [0.4, 0.5) is 29.5 Å². The average molecular weight is 360 g/mol. The highest BCUT2D eigenvalue weighted by molar-refractivity contribution is 8.45. The van der Waals surface area contributed by atoms with Crippen molar-refractivity contribution in [3.8, 4) is 12.3 Å². The molecule has 0 fully saturated rings. The predicted octanol–water partition coefficient (Wildman–Crippen LogP) is 4.78. The van der Waals surface area contributed by atoms with Gasteiger partial charge in [-0.2, -0.15) is 10.5 Å². The summed E-state index contributed by atoms with van der Waals surface area (Å²) in [6.45, 7) is 0. The minimum Gasteiger partial charge on any atom is -0.271 e. The zero-order chi connectivity index (χ0) is 17.2. The van der Waals surface area contributed by atoms with Crippen LogP contribution < -0.4 is 5.32 Å². The van der Waals surface area contributed by atoms with E-state index in [9.17, 15) is 23.8 Å². The van der Waals surface area contributed by atoms with E-state index in [4.69, 9.17) is 10.5 Å². The van der Waals surface area contributed by atoms with E-state index in [-0.39, 0.29) is 11.2 Å². The highest BCUT2D eigenvalue weighted by Crippen LogP contribution is 3.02. The van der Waals surface area contributed by atoms with E-state index in [1.54, 1.807) is 0 Å². The van der Waals surface area contributed by atoms with Gasteiger partial charge in [0.1, 0.15) is 22.3 Å². The standard InChI is InChI=1S/C10H6F6N4S2/c1-21-10(19-5-18)20-6-2-8(11)7(4-17)9(3-6)22(12,13,14,15)16/h2-3H,1H3,(H,19,20). The zero-order valence-corrected chi connectivity index (χ0v) is 12.2. The first-order chi connectivity index (χ1) is 9.82. The molecule has 0 radical (unpaired) electrons. The van der Waals surface area contributed by atoms with Gasteiger partial charge in [0.05, 0.1) is 5.69 Å². The number of nitrogens with one attached hydrogen (secondary N) is 1. The second-order valence-corrected chi connectivity index (χ2v) is 6.91. The molecule has 0 atom stereocenters. The third-order valence-corrected chi connectivity index (χ3v) is 3.89. The third-order valence-electron chi connectivity index (χ3n) is 2.15. The normalized spacial score (nSPS) is 15.2. The topological polar surface area (TPSA) is 72.0 Å². The van der Waals surface area contributed by atoms with Crippen molar-refractivity contribution in [3.63, 3.8) is 0 Å². The van der Waals surface area contributed by atoms with Crippen molar-refractivity contribution in [1.29, 1.82) is 10.5 Å². The number of hydrogen-bond donors (Lipinski definition) is 1. The minimum absolute atomic E-state index is 0.127. The summed E-state index contributed by atoms with van der Waals surface area (Å²) in [5.41, 5.74) is -2.62. The van der Waals surface area contributed by atoms with Crippen molar-refractivity contribution in [3.05, 3.63) is 23.5 Å². The van der Waals surface area contributed by atoms with Gasteiger partial charge in [0.25, 0.3) is 0 Å². The summed E-state index contributed by atoms with van der Waals surface area (Å²) < 4.78 is 77.9. The second kappa shape index (κ2) is 5.00. The van der Waals surface area contributed by atoms with Crippen LogP contribution in [0, 0.1) is 28.6 Å². The molecule has 120 valence electrons. The lowest BCUT2D eigenvalue weighted by Gasteiger charge is -2.41. The van der Waals surface area contributed by atoms with Crippen molar-refractivity contribution in [2.24, 2.45) is 4.99 Å². The lowest BCUT2D eigenvalue weighted by Crippen LogP contribution is -2.13. The Morgan fingerprint density at radius 3 is 2.23 bits per heavy atom. The molecule has 12 heteroatoms. The molecule has 0 unspecified atom stereocenters. The number of rotatable bonds is 2. The Labute approximate surface area is 125 Å². The fourth-order valence-corrected chi connectivity index (χ4v) is 2.55. The first kappa shape index (κ1) is 18.0. The molecule has 0 saturated heterocycles. The maximum absolute atomic E-state index is 13.5. The van der Waals surface area contributed by atoms with Gasteiger partial charge in [0, 0.05) is 6.07 Å². The van der Waals surface area contributed by atoms with Crippen LogP contribution in [0.3, 0.4) is 0 Å². The molecule has 0 aliphatic heterocycles. The Morgan fingerprint density at radius 2 is 1.82 bits per heavy atom. The van der Waals surface area contributed by atoms with Crippen molar-refractivity contribution in [1.82, 2.24) is 5.32 Å². The van der Waals surface area contributed by atoms with Crippen LogP contribution in [0.15, 0.2) is 22.0 Å². The number of hydrogen-bond acceptors (Lipinski definition) is 4. The maximum atomic E-state index is 13.5. The summed E-state index contributed by atoms with van der Waals surface area (Å²) in [6, 6.07) is 1.04. The number of nitriles is 2. The number of nitrogens with zero attached hydrogens (tertiary/aromatic N) is 3. The van der Waals surface area contributed by atoms with Gasteiger partial charge in [-0.25, -0.2) is 9.38 Å². The van der Waals surface area contributed by atoms with Crippen LogP contribution in [0.1, 0.15) is 5.56 Å². The van der Waals surface area contributed by atoms with E-state index < -0.39 is 32.2 Å². The van der Waals surface area contributed by atoms with Gasteiger partial charge in [-0.1, -0.05) is 31.2 Å². The molecule has 4 nitrogen and oxygen atoms in total. The summed E-state index contributed by atoms with van der Waals surface area (Å²) in [5, 5.41) is 18.6. The molecule has 22 heavy (non-hydrogen) atoms. The van der Waals surface area contributed by atoms with E-state index in [1.165, 1.54) is 12.4 Å². The van der Waals surface area contributed by atoms with Crippen molar-refractivity contribution >= 4 is 32.8 Å². The van der Waals surface area contributed by atoms with Gasteiger partial charge in [0.2, 0.25) is 0 Å². The van der Waals surface area contributed by atoms with Gasteiger partial charge in [-0.05, 0) is 12.3 Å². The Kier molecular flexibility index (Phi) is 4.09. The molecular weight excluding hydrogens is 354 g/mol. The number of thioether (sulfide) groups is 1. The maximum Gasteiger partial charge on any atom is 0.311 e. The highest BCUT2D eigenvalue weighted by Gasteiger charge is 2.67. The molecule has 1 aromatic carbocycles. The molecule has 0 aliphatic carbocycles. The molecular formula is C10H6F6N4S2.